The number of carboxylic acid groups (broad SMARTS) is 1. The van der Waals surface area contributed by atoms with E-state index in [0.29, 0.717) is 6.04 Å². The summed E-state index contributed by atoms with van der Waals surface area (Å²) in [7, 11) is 0. The van der Waals surface area contributed by atoms with E-state index in [9.17, 15) is 9.59 Å². The van der Waals surface area contributed by atoms with Gasteiger partial charge in [0, 0.05) is 24.7 Å². The Morgan fingerprint density at radius 2 is 1.81 bits per heavy atom. The van der Waals surface area contributed by atoms with E-state index in [4.69, 9.17) is 5.11 Å². The molecule has 0 aromatic carbocycles. The quantitative estimate of drug-likeness (QED) is 0.856. The lowest BCUT2D eigenvalue weighted by molar-refractivity contribution is -0.138. The Bertz CT molecular complexity index is 399. The Labute approximate surface area is 126 Å². The number of carbonyl (C=O) groups excluding carboxylic acids is 1. The van der Waals surface area contributed by atoms with Gasteiger partial charge in [-0.15, -0.1) is 0 Å². The highest BCUT2D eigenvalue weighted by Crippen LogP contribution is 2.23. The van der Waals surface area contributed by atoms with E-state index in [-0.39, 0.29) is 12.6 Å². The Morgan fingerprint density at radius 1 is 1.19 bits per heavy atom. The summed E-state index contributed by atoms with van der Waals surface area (Å²) in [6.07, 6.45) is 3.49. The predicted octanol–water partition coefficient (Wildman–Crippen LogP) is 1.46. The van der Waals surface area contributed by atoms with Gasteiger partial charge in [0.15, 0.2) is 0 Å². The van der Waals surface area contributed by atoms with Gasteiger partial charge in [-0.3, -0.25) is 9.69 Å². The molecule has 6 heteroatoms. The molecule has 120 valence electrons. The lowest BCUT2D eigenvalue weighted by atomic mass is 10.1. The van der Waals surface area contributed by atoms with Gasteiger partial charge in [-0.2, -0.15) is 0 Å². The minimum absolute atomic E-state index is 0.147. The highest BCUT2D eigenvalue weighted by Gasteiger charge is 2.37. The van der Waals surface area contributed by atoms with Crippen molar-refractivity contribution in [3.05, 3.63) is 0 Å². The summed E-state index contributed by atoms with van der Waals surface area (Å²) in [5.74, 6) is -0.964. The minimum Gasteiger partial charge on any atom is -0.480 e. The van der Waals surface area contributed by atoms with Gasteiger partial charge in [-0.05, 0) is 53.1 Å². The van der Waals surface area contributed by atoms with Crippen LogP contribution in [0.2, 0.25) is 0 Å². The van der Waals surface area contributed by atoms with E-state index in [1.165, 1.54) is 17.7 Å². The van der Waals surface area contributed by atoms with Crippen LogP contribution in [-0.4, -0.2) is 76.1 Å². The van der Waals surface area contributed by atoms with Gasteiger partial charge in [-0.25, -0.2) is 4.79 Å². The van der Waals surface area contributed by atoms with E-state index in [2.05, 4.69) is 4.90 Å². The van der Waals surface area contributed by atoms with Crippen molar-refractivity contribution < 1.29 is 14.7 Å². The number of amides is 2. The highest BCUT2D eigenvalue weighted by atomic mass is 16.4. The minimum atomic E-state index is -0.964. The van der Waals surface area contributed by atoms with E-state index < -0.39 is 11.5 Å². The zero-order chi connectivity index (χ0) is 15.6. The number of rotatable bonds is 3. The second kappa shape index (κ2) is 6.22. The predicted molar refractivity (Wildman–Crippen MR) is 80.3 cm³/mol. The number of nitrogens with zero attached hydrogens (tertiary/aromatic N) is 3. The maximum absolute atomic E-state index is 12.7. The number of likely N-dealkylation sites (tertiary alicyclic amines) is 2. The molecule has 2 heterocycles. The Hall–Kier alpha value is -1.30. The molecule has 0 aliphatic carbocycles. The molecule has 1 N–H and O–H groups in total. The molecule has 0 saturated carbocycles. The average Bonchev–Trinajstić information content (AvgIpc) is 3.03. The lowest BCUT2D eigenvalue weighted by Crippen LogP contribution is -2.53. The van der Waals surface area contributed by atoms with Crippen molar-refractivity contribution in [3.8, 4) is 0 Å². The number of carbonyl (C=O) groups is 2. The van der Waals surface area contributed by atoms with Crippen LogP contribution in [0, 0.1) is 0 Å². The fourth-order valence-electron chi connectivity index (χ4n) is 3.22. The zero-order valence-electron chi connectivity index (χ0n) is 13.3. The first kappa shape index (κ1) is 16.1. The Balaban J connectivity index is 1.99. The molecule has 21 heavy (non-hydrogen) atoms. The van der Waals surface area contributed by atoms with Crippen LogP contribution in [0.4, 0.5) is 4.79 Å². The molecule has 2 amide bonds. The van der Waals surface area contributed by atoms with Crippen molar-refractivity contribution in [2.75, 3.05) is 32.7 Å². The van der Waals surface area contributed by atoms with E-state index in [1.54, 1.807) is 0 Å². The summed E-state index contributed by atoms with van der Waals surface area (Å²) in [5.41, 5.74) is -0.485. The molecule has 6 nitrogen and oxygen atoms in total. The summed E-state index contributed by atoms with van der Waals surface area (Å²) < 4.78 is 0. The van der Waals surface area contributed by atoms with Crippen LogP contribution >= 0.6 is 0 Å². The molecule has 0 bridgehead atoms. The third-order valence-electron chi connectivity index (χ3n) is 4.42. The summed E-state index contributed by atoms with van der Waals surface area (Å²) in [4.78, 5) is 29.4. The summed E-state index contributed by atoms with van der Waals surface area (Å²) in [5, 5.41) is 9.04. The normalized spacial score (nSPS) is 23.6. The monoisotopic (exact) mass is 297 g/mol. The van der Waals surface area contributed by atoms with E-state index >= 15 is 0 Å². The van der Waals surface area contributed by atoms with Crippen LogP contribution in [-0.2, 0) is 4.79 Å². The van der Waals surface area contributed by atoms with Gasteiger partial charge < -0.3 is 14.9 Å². The largest absolute Gasteiger partial charge is 0.480 e. The van der Waals surface area contributed by atoms with E-state index in [1.807, 2.05) is 25.7 Å². The number of urea groups is 1. The van der Waals surface area contributed by atoms with Crippen LogP contribution in [0.15, 0.2) is 0 Å². The van der Waals surface area contributed by atoms with Crippen molar-refractivity contribution in [2.24, 2.45) is 0 Å². The third kappa shape index (κ3) is 3.87. The highest BCUT2D eigenvalue weighted by molar-refractivity contribution is 5.81. The van der Waals surface area contributed by atoms with Gasteiger partial charge >= 0.3 is 12.0 Å². The topological polar surface area (TPSA) is 64.1 Å². The fourth-order valence-corrected chi connectivity index (χ4v) is 3.22. The van der Waals surface area contributed by atoms with Gasteiger partial charge in [0.05, 0.1) is 0 Å². The Kier molecular flexibility index (Phi) is 4.76. The molecule has 1 atom stereocenters. The average molecular weight is 297 g/mol. The van der Waals surface area contributed by atoms with Crippen LogP contribution < -0.4 is 0 Å². The SMILES string of the molecule is CC(C)(C)N(CC(=O)O)C(=O)N1CCC(N2CCCC2)C1. The number of carboxylic acids is 1. The third-order valence-corrected chi connectivity index (χ3v) is 4.42. The number of aliphatic carboxylic acids is 1. The standard InChI is InChI=1S/C15H27N3O3/c1-15(2,3)18(11-13(19)20)14(21)17-9-6-12(10-17)16-7-4-5-8-16/h12H,4-11H2,1-3H3,(H,19,20). The first-order valence-electron chi connectivity index (χ1n) is 7.81. The molecule has 0 aromatic heterocycles. The van der Waals surface area contributed by atoms with Gasteiger partial charge in [0.25, 0.3) is 0 Å². The molecule has 0 radical (unpaired) electrons. The van der Waals surface area contributed by atoms with Crippen molar-refractivity contribution in [3.63, 3.8) is 0 Å². The van der Waals surface area contributed by atoms with Crippen molar-refractivity contribution >= 4 is 12.0 Å². The van der Waals surface area contributed by atoms with Gasteiger partial charge in [-0.1, -0.05) is 0 Å². The second-order valence-electron chi connectivity index (χ2n) is 7.06. The molecular formula is C15H27N3O3. The molecule has 0 spiro atoms. The Morgan fingerprint density at radius 3 is 2.33 bits per heavy atom. The molecule has 2 saturated heterocycles. The van der Waals surface area contributed by atoms with Crippen molar-refractivity contribution in [1.29, 1.82) is 0 Å². The maximum atomic E-state index is 12.7. The molecule has 2 fully saturated rings. The van der Waals surface area contributed by atoms with Gasteiger partial charge in [0.1, 0.15) is 6.54 Å². The molecule has 1 unspecified atom stereocenters. The molecule has 2 aliphatic heterocycles. The van der Waals surface area contributed by atoms with Crippen LogP contribution in [0.1, 0.15) is 40.0 Å². The van der Waals surface area contributed by atoms with Crippen molar-refractivity contribution in [1.82, 2.24) is 14.7 Å². The number of hydrogen-bond donors (Lipinski definition) is 1. The molecular weight excluding hydrogens is 270 g/mol. The lowest BCUT2D eigenvalue weighted by Gasteiger charge is -2.37. The fraction of sp³-hybridized carbons (Fsp3) is 0.867. The van der Waals surface area contributed by atoms with Gasteiger partial charge in [0.2, 0.25) is 0 Å². The first-order chi connectivity index (χ1) is 9.79. The van der Waals surface area contributed by atoms with Crippen LogP contribution in [0.5, 0.6) is 0 Å². The van der Waals surface area contributed by atoms with E-state index in [0.717, 1.165) is 32.6 Å². The molecule has 2 aliphatic rings. The summed E-state index contributed by atoms with van der Waals surface area (Å²) in [6.45, 7) is 9.10. The maximum Gasteiger partial charge on any atom is 0.323 e. The smallest absolute Gasteiger partial charge is 0.323 e. The summed E-state index contributed by atoms with van der Waals surface area (Å²) >= 11 is 0. The summed E-state index contributed by atoms with van der Waals surface area (Å²) in [6, 6.07) is 0.301. The molecule has 0 aromatic rings. The second-order valence-corrected chi connectivity index (χ2v) is 7.06. The van der Waals surface area contributed by atoms with Crippen LogP contribution in [0.25, 0.3) is 0 Å². The van der Waals surface area contributed by atoms with Crippen molar-refractivity contribution in [2.45, 2.75) is 51.6 Å². The van der Waals surface area contributed by atoms with Crippen LogP contribution in [0.3, 0.4) is 0 Å². The number of hydrogen-bond acceptors (Lipinski definition) is 3. The molecule has 2 rings (SSSR count). The zero-order valence-corrected chi connectivity index (χ0v) is 13.3. The first-order valence-corrected chi connectivity index (χ1v) is 7.81.